The van der Waals surface area contributed by atoms with Crippen molar-refractivity contribution in [2.45, 2.75) is 24.9 Å². The number of carboxylic acids is 2. The van der Waals surface area contributed by atoms with Crippen LogP contribution in [0.15, 0.2) is 0 Å². The molecule has 0 aromatic carbocycles. The van der Waals surface area contributed by atoms with Crippen molar-refractivity contribution in [3.8, 4) is 0 Å². The Balaban J connectivity index is 0. The van der Waals surface area contributed by atoms with Crippen molar-refractivity contribution in [3.63, 3.8) is 0 Å². The molecule has 0 rings (SSSR count). The van der Waals surface area contributed by atoms with Gasteiger partial charge in [-0.3, -0.25) is 19.2 Å². The average Bonchev–Trinajstić information content (AvgIpc) is 2.38. The summed E-state index contributed by atoms with van der Waals surface area (Å²) in [7, 11) is 0. The van der Waals surface area contributed by atoms with Crippen LogP contribution in [0.3, 0.4) is 0 Å². The van der Waals surface area contributed by atoms with Crippen LogP contribution in [0.4, 0.5) is 0 Å². The molecular formula is C10H17N3O6SV. The molecule has 0 spiro atoms. The summed E-state index contributed by atoms with van der Waals surface area (Å²) in [4.78, 5) is 43.7. The van der Waals surface area contributed by atoms with Crippen molar-refractivity contribution in [3.05, 3.63) is 0 Å². The van der Waals surface area contributed by atoms with E-state index >= 15 is 0 Å². The SMILES string of the molecule is NC(CCC(=O)NC(CS)C(=O)NCC(=O)O)C(=O)O.[V]. The van der Waals surface area contributed by atoms with Crippen molar-refractivity contribution in [1.82, 2.24) is 10.6 Å². The number of amides is 2. The van der Waals surface area contributed by atoms with Gasteiger partial charge >= 0.3 is 11.9 Å². The van der Waals surface area contributed by atoms with E-state index in [2.05, 4.69) is 23.3 Å². The fourth-order valence-corrected chi connectivity index (χ4v) is 1.41. The molecule has 2 amide bonds. The standard InChI is InChI=1S/C10H17N3O6S.V/c11-5(10(18)19)1-2-7(14)13-6(4-20)9(17)12-3-8(15)16;/h5-6,20H,1-4,11H2,(H,12,17)(H,13,14)(H,15,16)(H,18,19);. The van der Waals surface area contributed by atoms with Crippen LogP contribution in [0.25, 0.3) is 0 Å². The molecule has 2 atom stereocenters. The zero-order valence-electron chi connectivity index (χ0n) is 11.0. The molecule has 0 heterocycles. The summed E-state index contributed by atoms with van der Waals surface area (Å²) in [6.45, 7) is -0.567. The van der Waals surface area contributed by atoms with Gasteiger partial charge in [-0.1, -0.05) is 0 Å². The van der Waals surface area contributed by atoms with Gasteiger partial charge in [-0.2, -0.15) is 12.6 Å². The molecule has 11 heteroatoms. The van der Waals surface area contributed by atoms with E-state index in [1.165, 1.54) is 0 Å². The summed E-state index contributed by atoms with van der Waals surface area (Å²) < 4.78 is 0. The Morgan fingerprint density at radius 2 is 1.76 bits per heavy atom. The average molecular weight is 358 g/mol. The number of carboxylic acid groups (broad SMARTS) is 2. The number of thiol groups is 1. The van der Waals surface area contributed by atoms with Crippen LogP contribution in [0, 0.1) is 0 Å². The number of nitrogens with one attached hydrogen (secondary N) is 2. The second kappa shape index (κ2) is 11.4. The smallest absolute Gasteiger partial charge is 0.322 e. The number of rotatable bonds is 9. The fourth-order valence-electron chi connectivity index (χ4n) is 1.16. The number of aliphatic carboxylic acids is 2. The summed E-state index contributed by atoms with van der Waals surface area (Å²) in [6.07, 6.45) is -0.235. The van der Waals surface area contributed by atoms with Crippen LogP contribution in [0.1, 0.15) is 12.8 Å². The van der Waals surface area contributed by atoms with Gasteiger partial charge in [0.1, 0.15) is 18.6 Å². The third kappa shape index (κ3) is 10.2. The summed E-state index contributed by atoms with van der Waals surface area (Å²) in [5, 5.41) is 21.4. The van der Waals surface area contributed by atoms with E-state index in [-0.39, 0.29) is 37.2 Å². The van der Waals surface area contributed by atoms with Crippen molar-refractivity contribution in [2.24, 2.45) is 5.73 Å². The largest absolute Gasteiger partial charge is 0.480 e. The van der Waals surface area contributed by atoms with E-state index in [9.17, 15) is 19.2 Å². The zero-order valence-corrected chi connectivity index (χ0v) is 13.3. The van der Waals surface area contributed by atoms with Crippen LogP contribution in [-0.4, -0.2) is 58.3 Å². The molecule has 0 saturated heterocycles. The van der Waals surface area contributed by atoms with Gasteiger partial charge in [0.15, 0.2) is 0 Å². The van der Waals surface area contributed by atoms with Crippen molar-refractivity contribution in [2.75, 3.05) is 12.3 Å². The third-order valence-electron chi connectivity index (χ3n) is 2.25. The Morgan fingerprint density at radius 3 is 2.19 bits per heavy atom. The first kappa shape index (κ1) is 22.1. The number of hydrogen-bond donors (Lipinski definition) is 6. The Bertz CT molecular complexity index is 395. The van der Waals surface area contributed by atoms with Crippen LogP contribution < -0.4 is 16.4 Å². The van der Waals surface area contributed by atoms with Crippen LogP contribution in [0.2, 0.25) is 0 Å². The molecule has 119 valence electrons. The predicted molar refractivity (Wildman–Crippen MR) is 71.3 cm³/mol. The van der Waals surface area contributed by atoms with Crippen molar-refractivity contribution in [1.29, 1.82) is 0 Å². The number of carbonyl (C=O) groups excluding carboxylic acids is 2. The van der Waals surface area contributed by atoms with Gasteiger partial charge in [0.2, 0.25) is 11.8 Å². The Kier molecular flexibility index (Phi) is 12.0. The molecule has 0 aromatic heterocycles. The number of hydrogen-bond acceptors (Lipinski definition) is 6. The van der Waals surface area contributed by atoms with Crippen LogP contribution >= 0.6 is 12.6 Å². The minimum absolute atomic E-state index is 0. The van der Waals surface area contributed by atoms with Gasteiger partial charge < -0.3 is 26.6 Å². The second-order valence-electron chi connectivity index (χ2n) is 3.90. The van der Waals surface area contributed by atoms with Gasteiger partial charge in [-0.15, -0.1) is 0 Å². The maximum atomic E-state index is 11.5. The molecule has 0 aliphatic heterocycles. The molecular weight excluding hydrogens is 341 g/mol. The van der Waals surface area contributed by atoms with Gasteiger partial charge in [-0.05, 0) is 6.42 Å². The first-order valence-corrected chi connectivity index (χ1v) is 6.29. The summed E-state index contributed by atoms with van der Waals surface area (Å²) in [6, 6.07) is -2.15. The normalized spacial score (nSPS) is 12.5. The van der Waals surface area contributed by atoms with Gasteiger partial charge in [0, 0.05) is 30.7 Å². The summed E-state index contributed by atoms with van der Waals surface area (Å²) >= 11 is 3.87. The quantitative estimate of drug-likeness (QED) is 0.255. The predicted octanol–water partition coefficient (Wildman–Crippen LogP) is -2.21. The van der Waals surface area contributed by atoms with E-state index in [4.69, 9.17) is 15.9 Å². The zero-order chi connectivity index (χ0) is 15.7. The van der Waals surface area contributed by atoms with Crippen LogP contribution in [-0.2, 0) is 37.7 Å². The van der Waals surface area contributed by atoms with E-state index in [1.807, 2.05) is 0 Å². The molecule has 6 N–H and O–H groups in total. The maximum absolute atomic E-state index is 11.5. The molecule has 0 aliphatic rings. The molecule has 0 saturated carbocycles. The fraction of sp³-hybridized carbons (Fsp3) is 0.600. The first-order valence-electron chi connectivity index (χ1n) is 5.66. The van der Waals surface area contributed by atoms with E-state index in [0.717, 1.165) is 0 Å². The second-order valence-corrected chi connectivity index (χ2v) is 4.26. The number of carbonyl (C=O) groups is 4. The minimum Gasteiger partial charge on any atom is -0.480 e. The third-order valence-corrected chi connectivity index (χ3v) is 2.61. The molecule has 0 fully saturated rings. The van der Waals surface area contributed by atoms with E-state index < -0.39 is 42.4 Å². The van der Waals surface area contributed by atoms with Gasteiger partial charge in [0.05, 0.1) is 0 Å². The summed E-state index contributed by atoms with van der Waals surface area (Å²) in [5.74, 6) is -3.70. The molecule has 0 aromatic rings. The molecule has 1 radical (unpaired) electrons. The Morgan fingerprint density at radius 1 is 1.19 bits per heavy atom. The first-order chi connectivity index (χ1) is 9.27. The molecule has 0 bridgehead atoms. The van der Waals surface area contributed by atoms with E-state index in [0.29, 0.717) is 0 Å². The van der Waals surface area contributed by atoms with Gasteiger partial charge in [0.25, 0.3) is 0 Å². The van der Waals surface area contributed by atoms with E-state index in [1.54, 1.807) is 0 Å². The molecule has 21 heavy (non-hydrogen) atoms. The van der Waals surface area contributed by atoms with Crippen molar-refractivity contribution >= 4 is 36.4 Å². The topological polar surface area (TPSA) is 159 Å². The maximum Gasteiger partial charge on any atom is 0.322 e. The minimum atomic E-state index is -1.22. The monoisotopic (exact) mass is 358 g/mol. The van der Waals surface area contributed by atoms with Crippen molar-refractivity contribution < 1.29 is 47.9 Å². The molecule has 9 nitrogen and oxygen atoms in total. The Hall–Kier alpha value is -1.23. The molecule has 0 aliphatic carbocycles. The molecule has 2 unspecified atom stereocenters. The van der Waals surface area contributed by atoms with Gasteiger partial charge in [-0.25, -0.2) is 0 Å². The van der Waals surface area contributed by atoms with Crippen LogP contribution in [0.5, 0.6) is 0 Å². The number of nitrogens with two attached hydrogens (primary N) is 1. The summed E-state index contributed by atoms with van der Waals surface area (Å²) in [5.41, 5.74) is 5.23. The Labute approximate surface area is 138 Å².